The molecule has 8 rings (SSSR count). The number of amides is 2. The van der Waals surface area contributed by atoms with E-state index in [-0.39, 0.29) is 136 Å². The predicted octanol–water partition coefficient (Wildman–Crippen LogP) is 21.2. The number of nitrogens with one attached hydrogen (secondary N) is 3. The Bertz CT molecular complexity index is 5110. The Hall–Kier alpha value is -5.92. The number of ether oxygens (including phenoxy) is 11. The van der Waals surface area contributed by atoms with Crippen molar-refractivity contribution in [3.05, 3.63) is 142 Å². The first-order valence-corrected chi connectivity index (χ1v) is 68.0. The molecule has 0 aliphatic rings. The first-order valence-electron chi connectivity index (χ1n) is 38.7. The van der Waals surface area contributed by atoms with Crippen LogP contribution in [0.15, 0.2) is 107 Å². The summed E-state index contributed by atoms with van der Waals surface area (Å²) in [5, 5.41) is 9.40. The molecule has 2 amide bonds. The van der Waals surface area contributed by atoms with E-state index in [1.807, 2.05) is 20.8 Å². The molecule has 4 aromatic heterocycles. The van der Waals surface area contributed by atoms with Crippen LogP contribution in [0, 0.1) is 5.41 Å². The number of nitrogens with zero attached hydrogens (tertiary/aromatic N) is 6. The monoisotopic (exact) mass is 2710 g/mol. The molecule has 0 spiro atoms. The zero-order valence-electron chi connectivity index (χ0n) is 74.8. The molecule has 0 aliphatic carbocycles. The normalized spacial score (nSPS) is 12.0. The second-order valence-electron chi connectivity index (χ2n) is 28.9. The van der Waals surface area contributed by atoms with E-state index in [1.54, 1.807) is 93.7 Å². The van der Waals surface area contributed by atoms with Crippen LogP contribution in [0.5, 0.6) is 23.0 Å². The molecule has 0 radical (unpaired) electrons. The molecule has 4 heterocycles. The average molecular weight is 2710 g/mol. The van der Waals surface area contributed by atoms with Gasteiger partial charge in [-0.25, -0.2) is 29.5 Å². The summed E-state index contributed by atoms with van der Waals surface area (Å²) in [5.74, 6) is -3.38. The Kier molecular flexibility index (Phi) is 54.6. The molecule has 0 saturated heterocycles. The number of hydrogen-bond donors (Lipinski definition) is 4. The zero-order chi connectivity index (χ0) is 102. The fourth-order valence-electron chi connectivity index (χ4n) is 10.3. The zero-order valence-corrected chi connectivity index (χ0v) is 93.1. The van der Waals surface area contributed by atoms with E-state index in [0.29, 0.717) is 43.6 Å². The predicted molar refractivity (Wildman–Crippen MR) is 535 cm³/mol. The van der Waals surface area contributed by atoms with Crippen LogP contribution >= 0.6 is 156 Å². The molecule has 51 heteroatoms. The van der Waals surface area contributed by atoms with Crippen molar-refractivity contribution in [1.29, 1.82) is 0 Å². The van der Waals surface area contributed by atoms with Crippen molar-refractivity contribution in [3.8, 4) is 23.0 Å². The fourth-order valence-corrected chi connectivity index (χ4v) is 11.4. The van der Waals surface area contributed by atoms with Crippen LogP contribution in [-0.2, 0) is 96.5 Å². The number of carbonyl (C=O) groups is 8. The molecular weight excluding hydrogens is 2610 g/mol. The number of carbonyl (C=O) groups excluding carboxylic acids is 8. The van der Waals surface area contributed by atoms with Gasteiger partial charge in [0.2, 0.25) is 0 Å². The van der Waals surface area contributed by atoms with Crippen LogP contribution in [0.25, 0.3) is 43.6 Å². The first kappa shape index (κ1) is 124. The van der Waals surface area contributed by atoms with Gasteiger partial charge in [-0.15, -0.1) is 11.8 Å². The number of aliphatic imine (C=N–C) groups is 2. The third-order valence-electron chi connectivity index (χ3n) is 15.9. The Morgan fingerprint density at radius 3 is 1.10 bits per heavy atom. The molecule has 0 fully saturated rings. The standard InChI is InChI=1S/2C17H17F3N2O3S.C17H31NO6.C16H15F3N2O4.C16H15F3N2O3S.6HI.2V/c1-4-25-14(23)9-21-16(26-3)11-5-7-12(24-2)15-10(11)6-8-13(22-15)17(18,19)20;1-3-25-15(23)8-21-12(9-26)10-4-6-13(24-2)16-11(10)5-7-14(22-16)17(18,19)20;1-15(2,3)13(20)23-12(19)11(10-22-16(4,5)6)18-14(21)24-17(7,8)9;1-3-25-13(22)8-20-15(23)10-4-6-11(24-2)14-9(10)5-7-12(21-14)16(17,18)19;1-3-24-13(22)8-20-15(25)10-4-6-11(23-2)14-9(10)5-7-12(21-14)16(17,18)19;;;;;;;;/h5-8H,4,9H2,1-3H3;4-7,26H,3,8-9H2,1-2H3;11H,10H2,1-9H3,(H,18,21);4-7H,3,8H2,1-2H3,(H,20,23);4-7H,3,8H2,1-2H3,(H,20,25);6*1H;;/q;;;;;;;;;;;2*+3/p-6/t;;11-;;;;;;;;;;/m..0........../s1. The maximum absolute atomic E-state index is 13.0. The van der Waals surface area contributed by atoms with Gasteiger partial charge >= 0.3 is 196 Å². The van der Waals surface area contributed by atoms with Crippen LogP contribution in [0.3, 0.4) is 0 Å². The van der Waals surface area contributed by atoms with Crippen LogP contribution in [0.2, 0.25) is 0 Å². The molecule has 0 aliphatic heterocycles. The van der Waals surface area contributed by atoms with E-state index in [1.165, 1.54) is 88.7 Å². The Morgan fingerprint density at radius 2 is 0.776 bits per heavy atom. The second kappa shape index (κ2) is 59.0. The minimum atomic E-state index is -4.62. The van der Waals surface area contributed by atoms with Crippen LogP contribution in [0.1, 0.15) is 140 Å². The maximum atomic E-state index is 13.0. The van der Waals surface area contributed by atoms with E-state index in [0.717, 1.165) is 30.3 Å². The molecule has 4 aromatic carbocycles. The van der Waals surface area contributed by atoms with Gasteiger partial charge in [0.05, 0.1) is 83.2 Å². The summed E-state index contributed by atoms with van der Waals surface area (Å²) >= 11 is 25.5. The molecule has 28 nitrogen and oxygen atoms in total. The number of thiol groups is 1. The van der Waals surface area contributed by atoms with Gasteiger partial charge in [0.25, 0.3) is 5.91 Å². The van der Waals surface area contributed by atoms with Crippen molar-refractivity contribution >= 4 is 264 Å². The number of rotatable bonds is 25. The summed E-state index contributed by atoms with van der Waals surface area (Å²) in [7, 11) is 5.34. The SMILES string of the molecule is CC(C)(C)OC[C@H](NC(=O)OC(C)(C)C)C(=O)OC(=O)C(C)(C)C.CCOC(=O)CN=C(CS)c1ccc(OC)c2nc(C(F)(F)F)ccc12.CCOC(=O)CN=C(SC)c1ccc(OC)c2nc(C(F)(F)F)ccc12.CCOC(=O)CNC(=O)c1ccc(OC)c2nc(C(F)(F)F)ccc12.CCOC(=O)CNC(=S)c1ccc(OC)c2nc(C(F)(F)F)ccc12.[I][V]([I])[I].[I][V]([I])[I]. The molecule has 3 N–H and O–H groups in total. The average Bonchev–Trinajstić information content (AvgIpc) is 0.801. The molecule has 0 saturated carbocycles. The van der Waals surface area contributed by atoms with E-state index in [4.69, 9.17) is 64.3 Å². The van der Waals surface area contributed by atoms with Gasteiger partial charge in [0, 0.05) is 49.6 Å². The topological polar surface area (TPSA) is 350 Å². The van der Waals surface area contributed by atoms with Gasteiger partial charge in [-0.05, 0) is 193 Å². The molecule has 0 unspecified atom stereocenters. The first-order chi connectivity index (χ1) is 62.1. The van der Waals surface area contributed by atoms with Crippen molar-refractivity contribution < 1.29 is 153 Å². The number of halogens is 18. The van der Waals surface area contributed by atoms with E-state index < -0.39 is 118 Å². The Morgan fingerprint density at radius 1 is 0.455 bits per heavy atom. The molecule has 740 valence electrons. The van der Waals surface area contributed by atoms with Crippen LogP contribution in [-0.4, -0.2) is 200 Å². The summed E-state index contributed by atoms with van der Waals surface area (Å²) in [6, 6.07) is 19.5. The van der Waals surface area contributed by atoms with Gasteiger partial charge in [-0.1, -0.05) is 12.2 Å². The third-order valence-corrected chi connectivity index (χ3v) is 17.3. The van der Waals surface area contributed by atoms with Crippen molar-refractivity contribution in [3.63, 3.8) is 0 Å². The number of hydrogen-bond acceptors (Lipinski definition) is 28. The Balaban J connectivity index is 0.000000555. The van der Waals surface area contributed by atoms with Crippen molar-refractivity contribution in [2.75, 3.05) is 99.7 Å². The number of esters is 6. The van der Waals surface area contributed by atoms with Crippen molar-refractivity contribution in [2.45, 2.75) is 132 Å². The van der Waals surface area contributed by atoms with E-state index >= 15 is 0 Å². The van der Waals surface area contributed by atoms with Gasteiger partial charge in [0.15, 0.2) is 6.04 Å². The molecule has 8 aromatic rings. The number of alkyl carbamates (subject to hydrolysis) is 1. The number of thiocarbonyl (C=S) groups is 1. The van der Waals surface area contributed by atoms with Gasteiger partial charge < -0.3 is 68.1 Å². The number of methoxy groups -OCH3 is 4. The van der Waals surface area contributed by atoms with E-state index in [2.05, 4.69) is 178 Å². The summed E-state index contributed by atoms with van der Waals surface area (Å²) in [6.45, 7) is 22.0. The third kappa shape index (κ3) is 44.3. The van der Waals surface area contributed by atoms with Crippen molar-refractivity contribution in [1.82, 2.24) is 35.9 Å². The van der Waals surface area contributed by atoms with Gasteiger partial charge in [0.1, 0.15) is 105 Å². The number of fused-ring (bicyclic) bond motifs is 4. The summed E-state index contributed by atoms with van der Waals surface area (Å²) < 4.78 is 210. The Labute approximate surface area is 855 Å². The summed E-state index contributed by atoms with van der Waals surface area (Å²) in [4.78, 5) is 117. The minimum absolute atomic E-state index is 0.0371. The number of aromatic nitrogens is 4. The molecular formula is C83H95F12I6N9O19S3V2. The number of pyridine rings is 4. The van der Waals surface area contributed by atoms with E-state index in [9.17, 15) is 91.0 Å². The second-order valence-corrected chi connectivity index (χ2v) is 101. The molecule has 0 bridgehead atoms. The summed E-state index contributed by atoms with van der Waals surface area (Å²) in [6.07, 6.45) is -17.4. The van der Waals surface area contributed by atoms with Crippen LogP contribution < -0.4 is 34.9 Å². The molecule has 1 atom stereocenters. The quantitative estimate of drug-likeness (QED) is 0.00475. The number of alkyl halides is 12. The van der Waals surface area contributed by atoms with Gasteiger partial charge in [-0.3, -0.25) is 38.8 Å². The van der Waals surface area contributed by atoms with Crippen LogP contribution in [0.4, 0.5) is 57.5 Å². The van der Waals surface area contributed by atoms with Gasteiger partial charge in [-0.2, -0.15) is 65.3 Å². The van der Waals surface area contributed by atoms with Crippen molar-refractivity contribution in [2.24, 2.45) is 15.4 Å². The summed E-state index contributed by atoms with van der Waals surface area (Å²) in [5.41, 5.74) is -4.09. The number of benzene rings is 4. The molecule has 134 heavy (non-hydrogen) atoms. The fraction of sp³-hybridized carbons (Fsp3) is 0.434. The number of thioether (sulfide) groups is 1.